The first-order valence-corrected chi connectivity index (χ1v) is 6.38. The van der Waals surface area contributed by atoms with Crippen molar-refractivity contribution in [2.75, 3.05) is 13.2 Å². The zero-order chi connectivity index (χ0) is 14.2. The van der Waals surface area contributed by atoms with Gasteiger partial charge in [0.2, 0.25) is 0 Å². The number of hydrogen-bond donors (Lipinski definition) is 1. The van der Waals surface area contributed by atoms with E-state index in [0.29, 0.717) is 30.4 Å². The SMILES string of the molecule is CC(N)(c1ccc2c(c1)OCCO2)c1ccc(F)cn1. The van der Waals surface area contributed by atoms with Crippen molar-refractivity contribution in [3.8, 4) is 11.5 Å². The van der Waals surface area contributed by atoms with Gasteiger partial charge < -0.3 is 15.2 Å². The van der Waals surface area contributed by atoms with Crippen LogP contribution in [0, 0.1) is 5.82 Å². The van der Waals surface area contributed by atoms with Crippen LogP contribution in [0.1, 0.15) is 18.2 Å². The van der Waals surface area contributed by atoms with Gasteiger partial charge in [-0.3, -0.25) is 4.98 Å². The quantitative estimate of drug-likeness (QED) is 0.912. The van der Waals surface area contributed by atoms with Crippen LogP contribution in [0.25, 0.3) is 0 Å². The summed E-state index contributed by atoms with van der Waals surface area (Å²) in [5.41, 5.74) is 6.96. The van der Waals surface area contributed by atoms with Gasteiger partial charge in [0.05, 0.1) is 17.4 Å². The lowest BCUT2D eigenvalue weighted by atomic mass is 9.89. The van der Waals surface area contributed by atoms with E-state index in [2.05, 4.69) is 4.98 Å². The van der Waals surface area contributed by atoms with E-state index in [1.165, 1.54) is 12.3 Å². The highest BCUT2D eigenvalue weighted by Gasteiger charge is 2.27. The van der Waals surface area contributed by atoms with E-state index in [4.69, 9.17) is 15.2 Å². The van der Waals surface area contributed by atoms with E-state index in [1.807, 2.05) is 25.1 Å². The maximum absolute atomic E-state index is 13.0. The highest BCUT2D eigenvalue weighted by atomic mass is 19.1. The summed E-state index contributed by atoms with van der Waals surface area (Å²) in [6, 6.07) is 8.49. The molecule has 2 N–H and O–H groups in total. The zero-order valence-electron chi connectivity index (χ0n) is 11.1. The maximum atomic E-state index is 13.0. The Bertz CT molecular complexity index is 626. The molecular formula is C15H15FN2O2. The molecule has 0 fully saturated rings. The molecule has 2 heterocycles. The largest absolute Gasteiger partial charge is 0.486 e. The monoisotopic (exact) mass is 274 g/mol. The van der Waals surface area contributed by atoms with Crippen LogP contribution in [-0.4, -0.2) is 18.2 Å². The number of nitrogens with zero attached hydrogens (tertiary/aromatic N) is 1. The van der Waals surface area contributed by atoms with E-state index in [-0.39, 0.29) is 5.82 Å². The molecule has 1 unspecified atom stereocenters. The van der Waals surface area contributed by atoms with Crippen LogP contribution in [0.4, 0.5) is 4.39 Å². The summed E-state index contributed by atoms with van der Waals surface area (Å²) in [6.45, 7) is 2.90. The van der Waals surface area contributed by atoms with Crippen molar-refractivity contribution in [1.82, 2.24) is 4.98 Å². The Morgan fingerprint density at radius 3 is 2.60 bits per heavy atom. The van der Waals surface area contributed by atoms with Gasteiger partial charge in [0.25, 0.3) is 0 Å². The molecule has 1 aromatic carbocycles. The van der Waals surface area contributed by atoms with Gasteiger partial charge in [-0.1, -0.05) is 6.07 Å². The van der Waals surface area contributed by atoms with E-state index in [1.54, 1.807) is 6.07 Å². The minimum atomic E-state index is -0.830. The van der Waals surface area contributed by atoms with Crippen LogP contribution in [0.5, 0.6) is 11.5 Å². The Hall–Kier alpha value is -2.14. The normalized spacial score (nSPS) is 16.6. The number of pyridine rings is 1. The molecule has 0 aliphatic carbocycles. The fraction of sp³-hybridized carbons (Fsp3) is 0.267. The number of halogens is 1. The number of aromatic nitrogens is 1. The van der Waals surface area contributed by atoms with Crippen molar-refractivity contribution in [3.05, 3.63) is 53.6 Å². The fourth-order valence-electron chi connectivity index (χ4n) is 2.20. The minimum Gasteiger partial charge on any atom is -0.486 e. The number of fused-ring (bicyclic) bond motifs is 1. The third kappa shape index (κ3) is 2.20. The van der Waals surface area contributed by atoms with Gasteiger partial charge in [0, 0.05) is 0 Å². The van der Waals surface area contributed by atoms with Gasteiger partial charge in [-0.05, 0) is 36.8 Å². The van der Waals surface area contributed by atoms with Crippen molar-refractivity contribution >= 4 is 0 Å². The molecule has 0 saturated carbocycles. The molecule has 104 valence electrons. The molecule has 0 amide bonds. The standard InChI is InChI=1S/C15H15FN2O2/c1-15(17,14-5-3-11(16)9-18-14)10-2-4-12-13(8-10)20-7-6-19-12/h2-5,8-9H,6-7,17H2,1H3. The Balaban J connectivity index is 2.00. The van der Waals surface area contributed by atoms with Crippen LogP contribution in [-0.2, 0) is 5.54 Å². The molecule has 0 radical (unpaired) electrons. The molecule has 2 aromatic rings. The highest BCUT2D eigenvalue weighted by molar-refractivity contribution is 5.47. The molecule has 1 aliphatic rings. The lowest BCUT2D eigenvalue weighted by molar-refractivity contribution is 0.171. The first-order valence-electron chi connectivity index (χ1n) is 6.38. The number of nitrogens with two attached hydrogens (primary N) is 1. The summed E-state index contributed by atoms with van der Waals surface area (Å²) in [6.07, 6.45) is 1.17. The smallest absolute Gasteiger partial charge is 0.161 e. The van der Waals surface area contributed by atoms with Crippen LogP contribution in [0.15, 0.2) is 36.5 Å². The first-order chi connectivity index (χ1) is 9.57. The fourth-order valence-corrected chi connectivity index (χ4v) is 2.20. The predicted octanol–water partition coefficient (Wildman–Crippen LogP) is 2.21. The second-order valence-electron chi connectivity index (χ2n) is 4.92. The summed E-state index contributed by atoms with van der Waals surface area (Å²) in [5, 5.41) is 0. The molecule has 0 spiro atoms. The topological polar surface area (TPSA) is 57.4 Å². The minimum absolute atomic E-state index is 0.383. The summed E-state index contributed by atoms with van der Waals surface area (Å²) in [4.78, 5) is 4.07. The second-order valence-corrected chi connectivity index (χ2v) is 4.92. The molecule has 3 rings (SSSR count). The van der Waals surface area contributed by atoms with E-state index < -0.39 is 5.54 Å². The van der Waals surface area contributed by atoms with Crippen LogP contribution >= 0.6 is 0 Å². The second kappa shape index (κ2) is 4.76. The maximum Gasteiger partial charge on any atom is 0.161 e. The lowest BCUT2D eigenvalue weighted by Gasteiger charge is -2.27. The number of rotatable bonds is 2. The van der Waals surface area contributed by atoms with Gasteiger partial charge in [-0.2, -0.15) is 0 Å². The van der Waals surface area contributed by atoms with Gasteiger partial charge in [-0.25, -0.2) is 4.39 Å². The Morgan fingerprint density at radius 1 is 1.15 bits per heavy atom. The average molecular weight is 274 g/mol. The highest BCUT2D eigenvalue weighted by Crippen LogP contribution is 2.35. The Kier molecular flexibility index (Phi) is 3.06. The molecule has 0 bridgehead atoms. The van der Waals surface area contributed by atoms with Crippen molar-refractivity contribution in [2.45, 2.75) is 12.5 Å². The molecule has 20 heavy (non-hydrogen) atoms. The van der Waals surface area contributed by atoms with Gasteiger partial charge >= 0.3 is 0 Å². The van der Waals surface area contributed by atoms with Crippen LogP contribution in [0.2, 0.25) is 0 Å². The summed E-state index contributed by atoms with van der Waals surface area (Å²) < 4.78 is 24.0. The third-order valence-corrected chi connectivity index (χ3v) is 3.40. The third-order valence-electron chi connectivity index (χ3n) is 3.40. The van der Waals surface area contributed by atoms with Crippen molar-refractivity contribution in [2.24, 2.45) is 5.73 Å². The van der Waals surface area contributed by atoms with Gasteiger partial charge in [-0.15, -0.1) is 0 Å². The van der Waals surface area contributed by atoms with Crippen LogP contribution in [0.3, 0.4) is 0 Å². The Labute approximate surface area is 116 Å². The molecule has 4 nitrogen and oxygen atoms in total. The summed E-state index contributed by atoms with van der Waals surface area (Å²) >= 11 is 0. The number of benzene rings is 1. The summed E-state index contributed by atoms with van der Waals surface area (Å²) in [5.74, 6) is 1.00. The Morgan fingerprint density at radius 2 is 1.90 bits per heavy atom. The zero-order valence-corrected chi connectivity index (χ0v) is 11.1. The molecule has 1 aromatic heterocycles. The summed E-state index contributed by atoms with van der Waals surface area (Å²) in [7, 11) is 0. The lowest BCUT2D eigenvalue weighted by Crippen LogP contribution is -2.35. The van der Waals surface area contributed by atoms with Crippen molar-refractivity contribution in [1.29, 1.82) is 0 Å². The number of hydrogen-bond acceptors (Lipinski definition) is 4. The molecular weight excluding hydrogens is 259 g/mol. The van der Waals surface area contributed by atoms with Gasteiger partial charge in [0.15, 0.2) is 11.5 Å². The van der Waals surface area contributed by atoms with Crippen LogP contribution < -0.4 is 15.2 Å². The van der Waals surface area contributed by atoms with Crippen molar-refractivity contribution in [3.63, 3.8) is 0 Å². The molecule has 0 saturated heterocycles. The average Bonchev–Trinajstić information content (AvgIpc) is 2.47. The van der Waals surface area contributed by atoms with E-state index in [9.17, 15) is 4.39 Å². The number of ether oxygens (including phenoxy) is 2. The van der Waals surface area contributed by atoms with E-state index in [0.717, 1.165) is 5.56 Å². The first kappa shape index (κ1) is 12.9. The molecule has 1 atom stereocenters. The molecule has 1 aliphatic heterocycles. The van der Waals surface area contributed by atoms with Gasteiger partial charge in [0.1, 0.15) is 19.0 Å². The molecule has 5 heteroatoms. The van der Waals surface area contributed by atoms with Crippen molar-refractivity contribution < 1.29 is 13.9 Å². The van der Waals surface area contributed by atoms with E-state index >= 15 is 0 Å². The predicted molar refractivity (Wildman–Crippen MR) is 72.3 cm³/mol.